The first kappa shape index (κ1) is 38.8. The van der Waals surface area contributed by atoms with E-state index in [1.54, 1.807) is 0 Å². The van der Waals surface area contributed by atoms with Crippen molar-refractivity contribution in [3.63, 3.8) is 0 Å². The van der Waals surface area contributed by atoms with Gasteiger partial charge < -0.3 is 9.32 Å². The molecule has 11 rings (SSSR count). The summed E-state index contributed by atoms with van der Waals surface area (Å²) >= 11 is 0. The van der Waals surface area contributed by atoms with Crippen LogP contribution in [0.1, 0.15) is 41.7 Å². The Morgan fingerprint density at radius 3 is 1.66 bits per heavy atom. The summed E-state index contributed by atoms with van der Waals surface area (Å²) < 4.78 is 6.43. The van der Waals surface area contributed by atoms with E-state index in [1.807, 2.05) is 30.3 Å². The smallest absolute Gasteiger partial charge is 0.143 e. The third kappa shape index (κ3) is 6.98. The largest absolute Gasteiger partial charge is 0.455 e. The van der Waals surface area contributed by atoms with Crippen molar-refractivity contribution in [3.8, 4) is 44.5 Å². The van der Waals surface area contributed by atoms with Crippen molar-refractivity contribution < 1.29 is 4.42 Å². The molecule has 0 saturated carbocycles. The first-order valence-corrected chi connectivity index (χ1v) is 21.6. The SMILES string of the molecule is Cc1ccccc1.Cc1ccccc1-c1cc(-c2ccc(N(c3ccc(-c4cccc5c4oc4ccccc45)cc3)c3ccc4c(c3)C(C)(C)c3ccccc3-4)cc2)ccc1C. The molecule has 1 aliphatic carbocycles. The maximum atomic E-state index is 6.43. The fraction of sp³-hybridized carbons (Fsp3) is 0.100. The molecule has 62 heavy (non-hydrogen) atoms. The normalized spacial score (nSPS) is 12.4. The third-order valence-electron chi connectivity index (χ3n) is 12.7. The van der Waals surface area contributed by atoms with Crippen LogP contribution >= 0.6 is 0 Å². The lowest BCUT2D eigenvalue weighted by atomic mass is 9.82. The summed E-state index contributed by atoms with van der Waals surface area (Å²) in [6.45, 7) is 11.2. The molecule has 0 radical (unpaired) electrons. The molecular formula is C60H49NO. The zero-order valence-electron chi connectivity index (χ0n) is 36.0. The second kappa shape index (κ2) is 15.9. The van der Waals surface area contributed by atoms with Gasteiger partial charge in [0.05, 0.1) is 0 Å². The van der Waals surface area contributed by atoms with Gasteiger partial charge in [0.1, 0.15) is 11.2 Å². The maximum Gasteiger partial charge on any atom is 0.143 e. The number of rotatable bonds is 6. The van der Waals surface area contributed by atoms with Gasteiger partial charge in [-0.1, -0.05) is 177 Å². The van der Waals surface area contributed by atoms with Crippen LogP contribution in [-0.2, 0) is 5.41 Å². The molecule has 0 aliphatic heterocycles. The lowest BCUT2D eigenvalue weighted by molar-refractivity contribution is 0.660. The van der Waals surface area contributed by atoms with E-state index in [0.29, 0.717) is 0 Å². The zero-order chi connectivity index (χ0) is 42.4. The Morgan fingerprint density at radius 2 is 0.935 bits per heavy atom. The Bertz CT molecular complexity index is 3220. The average Bonchev–Trinajstić information content (AvgIpc) is 3.80. The fourth-order valence-corrected chi connectivity index (χ4v) is 9.35. The molecule has 0 saturated heterocycles. The molecule has 1 aliphatic rings. The highest BCUT2D eigenvalue weighted by atomic mass is 16.3. The van der Waals surface area contributed by atoms with Crippen LogP contribution in [0, 0.1) is 20.8 Å². The van der Waals surface area contributed by atoms with Gasteiger partial charge in [-0.3, -0.25) is 0 Å². The average molecular weight is 800 g/mol. The van der Waals surface area contributed by atoms with Gasteiger partial charge in [0.2, 0.25) is 0 Å². The Labute approximate surface area is 365 Å². The molecule has 0 unspecified atom stereocenters. The summed E-state index contributed by atoms with van der Waals surface area (Å²) in [6.07, 6.45) is 0. The van der Waals surface area contributed by atoms with E-state index in [-0.39, 0.29) is 5.41 Å². The molecule has 300 valence electrons. The van der Waals surface area contributed by atoms with Crippen molar-refractivity contribution in [2.75, 3.05) is 4.90 Å². The lowest BCUT2D eigenvalue weighted by Gasteiger charge is -2.28. The minimum absolute atomic E-state index is 0.104. The summed E-state index contributed by atoms with van der Waals surface area (Å²) in [7, 11) is 0. The predicted molar refractivity (Wildman–Crippen MR) is 263 cm³/mol. The highest BCUT2D eigenvalue weighted by Crippen LogP contribution is 2.51. The molecular weight excluding hydrogens is 751 g/mol. The molecule has 0 spiro atoms. The van der Waals surface area contributed by atoms with Crippen molar-refractivity contribution in [1.82, 2.24) is 0 Å². The highest BCUT2D eigenvalue weighted by Gasteiger charge is 2.35. The quantitative estimate of drug-likeness (QED) is 0.167. The third-order valence-corrected chi connectivity index (χ3v) is 12.7. The summed E-state index contributed by atoms with van der Waals surface area (Å²) in [5.41, 5.74) is 21.5. The predicted octanol–water partition coefficient (Wildman–Crippen LogP) is 17.0. The standard InChI is InChI=1S/C53H41NO.C7H8/c1-34-12-5-6-13-42(34)48-32-38(21-20-35(48)2)36-22-26-39(27-23-36)54(41-30-31-45-44-14-7-9-18-49(44)53(3,4)50(45)33-41)40-28-24-37(25-29-40)43-16-11-17-47-46-15-8-10-19-51(46)55-52(43)47;1-7-5-3-2-4-6-7/h5-33H,1-4H3;2-6H,1H3. The first-order chi connectivity index (χ1) is 30.2. The zero-order valence-corrected chi connectivity index (χ0v) is 36.0. The number of nitrogens with zero attached hydrogens (tertiary/aromatic N) is 1. The molecule has 0 atom stereocenters. The minimum atomic E-state index is -0.104. The number of hydrogen-bond acceptors (Lipinski definition) is 2. The van der Waals surface area contributed by atoms with Crippen LogP contribution in [0.3, 0.4) is 0 Å². The van der Waals surface area contributed by atoms with Crippen molar-refractivity contribution in [2.24, 2.45) is 0 Å². The van der Waals surface area contributed by atoms with Gasteiger partial charge in [-0.05, 0) is 131 Å². The van der Waals surface area contributed by atoms with Gasteiger partial charge in [0, 0.05) is 38.8 Å². The fourth-order valence-electron chi connectivity index (χ4n) is 9.35. The van der Waals surface area contributed by atoms with Crippen LogP contribution in [0.25, 0.3) is 66.4 Å². The van der Waals surface area contributed by atoms with E-state index in [4.69, 9.17) is 4.42 Å². The molecule has 0 fully saturated rings. The van der Waals surface area contributed by atoms with Crippen molar-refractivity contribution >= 4 is 39.0 Å². The number of benzene rings is 9. The van der Waals surface area contributed by atoms with Crippen LogP contribution < -0.4 is 4.90 Å². The van der Waals surface area contributed by atoms with E-state index >= 15 is 0 Å². The molecule has 10 aromatic rings. The number of hydrogen-bond donors (Lipinski definition) is 0. The summed E-state index contributed by atoms with van der Waals surface area (Å²) in [6, 6.07) is 74.3. The minimum Gasteiger partial charge on any atom is -0.455 e. The Kier molecular flexibility index (Phi) is 9.93. The summed E-state index contributed by atoms with van der Waals surface area (Å²) in [4.78, 5) is 2.39. The molecule has 0 N–H and O–H groups in total. The van der Waals surface area contributed by atoms with Gasteiger partial charge in [-0.25, -0.2) is 0 Å². The number of anilines is 3. The van der Waals surface area contributed by atoms with E-state index in [9.17, 15) is 0 Å². The summed E-state index contributed by atoms with van der Waals surface area (Å²) in [5.74, 6) is 0. The number of para-hydroxylation sites is 2. The molecule has 1 aromatic heterocycles. The van der Waals surface area contributed by atoms with Crippen LogP contribution in [0.15, 0.2) is 211 Å². The molecule has 0 amide bonds. The van der Waals surface area contributed by atoms with Crippen molar-refractivity contribution in [2.45, 2.75) is 40.0 Å². The van der Waals surface area contributed by atoms with E-state index in [2.05, 4.69) is 215 Å². The number of furan rings is 1. The molecule has 2 heteroatoms. The molecule has 1 heterocycles. The van der Waals surface area contributed by atoms with Crippen molar-refractivity contribution in [1.29, 1.82) is 0 Å². The second-order valence-electron chi connectivity index (χ2n) is 17.1. The summed E-state index contributed by atoms with van der Waals surface area (Å²) in [5, 5.41) is 2.28. The van der Waals surface area contributed by atoms with E-state index < -0.39 is 0 Å². The van der Waals surface area contributed by atoms with E-state index in [0.717, 1.165) is 50.1 Å². The Balaban J connectivity index is 0.000000598. The van der Waals surface area contributed by atoms with Crippen LogP contribution in [0.2, 0.25) is 0 Å². The van der Waals surface area contributed by atoms with Crippen LogP contribution in [0.4, 0.5) is 17.1 Å². The van der Waals surface area contributed by atoms with Crippen LogP contribution in [-0.4, -0.2) is 0 Å². The topological polar surface area (TPSA) is 16.4 Å². The van der Waals surface area contributed by atoms with Gasteiger partial charge in [0.15, 0.2) is 0 Å². The van der Waals surface area contributed by atoms with E-state index in [1.165, 1.54) is 61.2 Å². The Hall–Kier alpha value is -7.42. The number of aryl methyl sites for hydroxylation is 3. The molecule has 9 aromatic carbocycles. The first-order valence-electron chi connectivity index (χ1n) is 21.6. The highest BCUT2D eigenvalue weighted by molar-refractivity contribution is 6.09. The Morgan fingerprint density at radius 1 is 0.371 bits per heavy atom. The second-order valence-corrected chi connectivity index (χ2v) is 17.1. The number of fused-ring (bicyclic) bond motifs is 6. The molecule has 2 nitrogen and oxygen atoms in total. The van der Waals surface area contributed by atoms with Crippen LogP contribution in [0.5, 0.6) is 0 Å². The monoisotopic (exact) mass is 799 g/mol. The maximum absolute atomic E-state index is 6.43. The van der Waals surface area contributed by atoms with Gasteiger partial charge in [0.25, 0.3) is 0 Å². The molecule has 0 bridgehead atoms. The lowest BCUT2D eigenvalue weighted by Crippen LogP contribution is -2.16. The van der Waals surface area contributed by atoms with Gasteiger partial charge in [-0.2, -0.15) is 0 Å². The van der Waals surface area contributed by atoms with Gasteiger partial charge >= 0.3 is 0 Å². The van der Waals surface area contributed by atoms with Gasteiger partial charge in [-0.15, -0.1) is 0 Å². The van der Waals surface area contributed by atoms with Crippen molar-refractivity contribution in [3.05, 3.63) is 234 Å².